The second-order valence-corrected chi connectivity index (χ2v) is 8.68. The lowest BCUT2D eigenvalue weighted by Crippen LogP contribution is -2.43. The molecule has 1 fully saturated rings. The summed E-state index contributed by atoms with van der Waals surface area (Å²) in [7, 11) is 0. The number of rotatable bonds is 4. The van der Waals surface area contributed by atoms with Crippen LogP contribution in [0, 0.1) is 0 Å². The van der Waals surface area contributed by atoms with Gasteiger partial charge in [-0.25, -0.2) is 0 Å². The Morgan fingerprint density at radius 3 is 2.25 bits per heavy atom. The Morgan fingerprint density at radius 1 is 1.08 bits per heavy atom. The van der Waals surface area contributed by atoms with E-state index in [1.54, 1.807) is 0 Å². The molecule has 0 bridgehead atoms. The summed E-state index contributed by atoms with van der Waals surface area (Å²) < 4.78 is 7.35. The van der Waals surface area contributed by atoms with E-state index in [0.29, 0.717) is 19.7 Å². The third kappa shape index (κ3) is 4.00. The van der Waals surface area contributed by atoms with E-state index in [-0.39, 0.29) is 23.3 Å². The molecule has 0 N–H and O–H groups in total. The standard InChI is InChI=1S/C19H33N3O2/c1-8-14-16(18(2,3)4)17(19(5,6)7)22(20-14)10-9-21-11-12-24-13-15(21)23/h8-13H2,1-7H3. The van der Waals surface area contributed by atoms with E-state index in [9.17, 15) is 4.79 Å². The van der Waals surface area contributed by atoms with Gasteiger partial charge in [0.1, 0.15) is 6.61 Å². The minimum absolute atomic E-state index is 0.0120. The predicted octanol–water partition coefficient (Wildman–Crippen LogP) is 2.90. The summed E-state index contributed by atoms with van der Waals surface area (Å²) in [6, 6.07) is 0. The normalized spacial score (nSPS) is 16.8. The number of aromatic nitrogens is 2. The lowest BCUT2D eigenvalue weighted by molar-refractivity contribution is -0.142. The van der Waals surface area contributed by atoms with Crippen LogP contribution < -0.4 is 0 Å². The topological polar surface area (TPSA) is 47.4 Å². The molecule has 0 atom stereocenters. The van der Waals surface area contributed by atoms with E-state index >= 15 is 0 Å². The van der Waals surface area contributed by atoms with Gasteiger partial charge in [0, 0.05) is 29.8 Å². The number of hydrogen-bond acceptors (Lipinski definition) is 3. The SMILES string of the molecule is CCc1nn(CCN2CCOCC2=O)c(C(C)(C)C)c1C(C)(C)C. The van der Waals surface area contributed by atoms with Gasteiger partial charge in [-0.3, -0.25) is 9.48 Å². The van der Waals surface area contributed by atoms with Crippen LogP contribution in [0.1, 0.15) is 65.4 Å². The summed E-state index contributed by atoms with van der Waals surface area (Å²) in [6.07, 6.45) is 0.930. The molecule has 2 heterocycles. The second kappa shape index (κ2) is 6.87. The highest BCUT2D eigenvalue weighted by Gasteiger charge is 2.33. The summed E-state index contributed by atoms with van der Waals surface area (Å²) >= 11 is 0. The average Bonchev–Trinajstić information content (AvgIpc) is 2.85. The molecule has 0 aromatic carbocycles. The van der Waals surface area contributed by atoms with Crippen LogP contribution in [0.25, 0.3) is 0 Å². The molecule has 1 aliphatic heterocycles. The molecule has 0 saturated carbocycles. The van der Waals surface area contributed by atoms with Crippen molar-refractivity contribution in [1.29, 1.82) is 0 Å². The summed E-state index contributed by atoms with van der Waals surface area (Å²) in [4.78, 5) is 13.8. The van der Waals surface area contributed by atoms with Crippen LogP contribution in [0.15, 0.2) is 0 Å². The second-order valence-electron chi connectivity index (χ2n) is 8.68. The first kappa shape index (κ1) is 19.0. The Bertz CT molecular complexity index is 591. The van der Waals surface area contributed by atoms with Gasteiger partial charge in [0.2, 0.25) is 5.91 Å². The van der Waals surface area contributed by atoms with Crippen molar-refractivity contribution in [3.05, 3.63) is 17.0 Å². The van der Waals surface area contributed by atoms with Crippen molar-refractivity contribution < 1.29 is 9.53 Å². The molecule has 5 nitrogen and oxygen atoms in total. The molecule has 1 saturated heterocycles. The Kier molecular flexibility index (Phi) is 5.43. The molecular formula is C19H33N3O2. The van der Waals surface area contributed by atoms with Crippen molar-refractivity contribution >= 4 is 5.91 Å². The molecule has 24 heavy (non-hydrogen) atoms. The quantitative estimate of drug-likeness (QED) is 0.850. The zero-order chi connectivity index (χ0) is 18.1. The van der Waals surface area contributed by atoms with Crippen molar-refractivity contribution in [3.8, 4) is 0 Å². The Labute approximate surface area is 146 Å². The molecular weight excluding hydrogens is 302 g/mol. The Hall–Kier alpha value is -1.36. The molecule has 2 rings (SSSR count). The molecule has 1 aromatic rings. The smallest absolute Gasteiger partial charge is 0.248 e. The first-order valence-corrected chi connectivity index (χ1v) is 9.02. The first-order valence-electron chi connectivity index (χ1n) is 9.02. The van der Waals surface area contributed by atoms with E-state index in [4.69, 9.17) is 9.84 Å². The lowest BCUT2D eigenvalue weighted by atomic mass is 9.77. The maximum atomic E-state index is 12.0. The fourth-order valence-corrected chi connectivity index (χ4v) is 3.47. The van der Waals surface area contributed by atoms with Crippen LogP contribution in [0.5, 0.6) is 0 Å². The molecule has 5 heteroatoms. The van der Waals surface area contributed by atoms with Crippen LogP contribution >= 0.6 is 0 Å². The first-order chi connectivity index (χ1) is 11.1. The zero-order valence-electron chi connectivity index (χ0n) is 16.4. The van der Waals surface area contributed by atoms with E-state index in [1.165, 1.54) is 17.0 Å². The van der Waals surface area contributed by atoms with Gasteiger partial charge in [-0.05, 0) is 11.8 Å². The maximum Gasteiger partial charge on any atom is 0.248 e. The minimum atomic E-state index is 0.0120. The molecule has 1 aromatic heterocycles. The van der Waals surface area contributed by atoms with Gasteiger partial charge >= 0.3 is 0 Å². The lowest BCUT2D eigenvalue weighted by Gasteiger charge is -2.30. The van der Waals surface area contributed by atoms with Gasteiger partial charge in [0.05, 0.1) is 18.8 Å². The molecule has 0 spiro atoms. The molecule has 1 amide bonds. The van der Waals surface area contributed by atoms with Gasteiger partial charge in [-0.1, -0.05) is 48.5 Å². The van der Waals surface area contributed by atoms with Crippen LogP contribution in [0.2, 0.25) is 0 Å². The van der Waals surface area contributed by atoms with Crippen molar-refractivity contribution in [2.24, 2.45) is 0 Å². The zero-order valence-corrected chi connectivity index (χ0v) is 16.4. The monoisotopic (exact) mass is 335 g/mol. The van der Waals surface area contributed by atoms with Gasteiger partial charge < -0.3 is 9.64 Å². The molecule has 1 aliphatic rings. The third-order valence-corrected chi connectivity index (χ3v) is 4.49. The van der Waals surface area contributed by atoms with Gasteiger partial charge in [-0.15, -0.1) is 0 Å². The highest BCUT2D eigenvalue weighted by molar-refractivity contribution is 5.77. The van der Waals surface area contributed by atoms with Crippen molar-refractivity contribution in [3.63, 3.8) is 0 Å². The van der Waals surface area contributed by atoms with E-state index in [0.717, 1.165) is 13.0 Å². The molecule has 0 radical (unpaired) electrons. The minimum Gasteiger partial charge on any atom is -0.370 e. The van der Waals surface area contributed by atoms with Crippen LogP contribution in [0.3, 0.4) is 0 Å². The summed E-state index contributed by atoms with van der Waals surface area (Å²) in [5.74, 6) is 0.0810. The Morgan fingerprint density at radius 2 is 1.75 bits per heavy atom. The summed E-state index contributed by atoms with van der Waals surface area (Å²) in [5.41, 5.74) is 3.91. The highest BCUT2D eigenvalue weighted by Crippen LogP contribution is 2.36. The predicted molar refractivity (Wildman–Crippen MR) is 96.4 cm³/mol. The third-order valence-electron chi connectivity index (χ3n) is 4.49. The fraction of sp³-hybridized carbons (Fsp3) is 0.789. The number of carbonyl (C=O) groups is 1. The van der Waals surface area contributed by atoms with Crippen LogP contribution in [-0.2, 0) is 33.3 Å². The number of hydrogen-bond donors (Lipinski definition) is 0. The van der Waals surface area contributed by atoms with E-state index in [1.807, 2.05) is 4.90 Å². The van der Waals surface area contributed by atoms with Crippen molar-refractivity contribution in [1.82, 2.24) is 14.7 Å². The number of morpholine rings is 1. The number of nitrogens with zero attached hydrogens (tertiary/aromatic N) is 3. The number of aryl methyl sites for hydroxylation is 1. The molecule has 0 aliphatic carbocycles. The van der Waals surface area contributed by atoms with Gasteiger partial charge in [0.25, 0.3) is 0 Å². The maximum absolute atomic E-state index is 12.0. The van der Waals surface area contributed by atoms with E-state index in [2.05, 4.69) is 53.1 Å². The summed E-state index contributed by atoms with van der Waals surface area (Å²) in [6.45, 7) is 18.6. The van der Waals surface area contributed by atoms with Gasteiger partial charge in [-0.2, -0.15) is 5.10 Å². The van der Waals surface area contributed by atoms with Crippen LogP contribution in [0.4, 0.5) is 0 Å². The number of amides is 1. The summed E-state index contributed by atoms with van der Waals surface area (Å²) in [5, 5.41) is 4.92. The molecule has 136 valence electrons. The van der Waals surface area contributed by atoms with Crippen LogP contribution in [-0.4, -0.2) is 46.9 Å². The Balaban J connectivity index is 2.35. The van der Waals surface area contributed by atoms with E-state index < -0.39 is 0 Å². The number of carbonyl (C=O) groups excluding carboxylic acids is 1. The van der Waals surface area contributed by atoms with Crippen molar-refractivity contribution in [2.75, 3.05) is 26.3 Å². The highest BCUT2D eigenvalue weighted by atomic mass is 16.5. The molecule has 0 unspecified atom stereocenters. The van der Waals surface area contributed by atoms with Gasteiger partial charge in [0.15, 0.2) is 0 Å². The van der Waals surface area contributed by atoms with Crippen molar-refractivity contribution in [2.45, 2.75) is 72.3 Å². The largest absolute Gasteiger partial charge is 0.370 e. The number of ether oxygens (including phenoxy) is 1. The average molecular weight is 335 g/mol. The fourth-order valence-electron chi connectivity index (χ4n) is 3.47.